The molecule has 0 atom stereocenters. The fourth-order valence-electron chi connectivity index (χ4n) is 8.32. The number of aromatic nitrogens is 6. The molecule has 0 aliphatic heterocycles. The number of para-hydroxylation sites is 2. The van der Waals surface area contributed by atoms with Crippen molar-refractivity contribution in [3.05, 3.63) is 213 Å². The zero-order chi connectivity index (χ0) is 39.1. The average molecular weight is 758 g/mol. The van der Waals surface area contributed by atoms with Gasteiger partial charge in [0.1, 0.15) is 12.7 Å². The highest BCUT2D eigenvalue weighted by Crippen LogP contribution is 2.41. The number of hydrogen-bond donors (Lipinski definition) is 0. The Morgan fingerprint density at radius 3 is 1.63 bits per heavy atom. The lowest BCUT2D eigenvalue weighted by Crippen LogP contribution is -2.09. The van der Waals surface area contributed by atoms with Gasteiger partial charge in [-0.25, -0.2) is 15.0 Å². The maximum absolute atomic E-state index is 4.35. The third kappa shape index (κ3) is 6.09. The Hall–Kier alpha value is -8.16. The van der Waals surface area contributed by atoms with Gasteiger partial charge in [-0.05, 0) is 131 Å². The molecule has 0 saturated carbocycles. The molecule has 4 heterocycles. The second kappa shape index (κ2) is 14.4. The van der Waals surface area contributed by atoms with Gasteiger partial charge in [-0.2, -0.15) is 0 Å². The first kappa shape index (κ1) is 34.1. The van der Waals surface area contributed by atoms with E-state index in [1.807, 2.05) is 12.3 Å². The Bertz CT molecular complexity index is 3130. The largest absolute Gasteiger partial charge is 0.317 e. The molecular formula is C52H35N7. The Balaban J connectivity index is 1.02. The molecule has 0 radical (unpaired) electrons. The minimum atomic E-state index is 0.640. The van der Waals surface area contributed by atoms with Gasteiger partial charge in [-0.15, -0.1) is 0 Å². The number of pyridine rings is 1. The highest BCUT2D eigenvalue weighted by atomic mass is 15.1. The van der Waals surface area contributed by atoms with Crippen molar-refractivity contribution in [2.75, 3.05) is 4.90 Å². The van der Waals surface area contributed by atoms with Crippen LogP contribution in [0.1, 0.15) is 0 Å². The SMILES string of the molecule is c1ccc(-n2ccc3c4c5cc(-c6ccc(N(c7ccc(-c8cccnc8)cc7)c7ccc(-c8ncncn8)cc7)cc6)ccc5n(-c5ccccc5)c4ccc32)cc1. The molecule has 278 valence electrons. The summed E-state index contributed by atoms with van der Waals surface area (Å²) in [5.41, 5.74) is 14.3. The maximum atomic E-state index is 4.35. The molecule has 11 rings (SSSR count). The molecule has 4 aromatic heterocycles. The van der Waals surface area contributed by atoms with Crippen LogP contribution in [0.5, 0.6) is 0 Å². The molecule has 0 aliphatic carbocycles. The highest BCUT2D eigenvalue weighted by molar-refractivity contribution is 6.21. The van der Waals surface area contributed by atoms with E-state index in [2.05, 4.69) is 216 Å². The predicted molar refractivity (Wildman–Crippen MR) is 240 cm³/mol. The van der Waals surface area contributed by atoms with Gasteiger partial charge >= 0.3 is 0 Å². The van der Waals surface area contributed by atoms with Gasteiger partial charge in [-0.3, -0.25) is 4.98 Å². The van der Waals surface area contributed by atoms with Crippen molar-refractivity contribution in [1.29, 1.82) is 0 Å². The van der Waals surface area contributed by atoms with E-state index in [0.717, 1.165) is 56.3 Å². The number of fused-ring (bicyclic) bond motifs is 5. The fourth-order valence-corrected chi connectivity index (χ4v) is 8.32. The van der Waals surface area contributed by atoms with Crippen LogP contribution < -0.4 is 4.90 Å². The summed E-state index contributed by atoms with van der Waals surface area (Å²) in [6.45, 7) is 0. The summed E-state index contributed by atoms with van der Waals surface area (Å²) < 4.78 is 4.67. The zero-order valence-electron chi connectivity index (χ0n) is 31.8. The van der Waals surface area contributed by atoms with E-state index < -0.39 is 0 Å². The molecule has 7 nitrogen and oxygen atoms in total. The molecule has 0 bridgehead atoms. The summed E-state index contributed by atoms with van der Waals surface area (Å²) in [5, 5.41) is 3.69. The van der Waals surface area contributed by atoms with Crippen LogP contribution >= 0.6 is 0 Å². The Kier molecular flexibility index (Phi) is 8.33. The molecule has 11 aromatic rings. The van der Waals surface area contributed by atoms with Crippen LogP contribution in [0.4, 0.5) is 17.1 Å². The van der Waals surface area contributed by atoms with E-state index in [9.17, 15) is 0 Å². The van der Waals surface area contributed by atoms with Gasteiger partial charge in [0.05, 0.1) is 16.6 Å². The van der Waals surface area contributed by atoms with Crippen molar-refractivity contribution >= 4 is 49.8 Å². The van der Waals surface area contributed by atoms with E-state index in [1.54, 1.807) is 6.20 Å². The lowest BCUT2D eigenvalue weighted by Gasteiger charge is -2.26. The van der Waals surface area contributed by atoms with Gasteiger partial charge in [-0.1, -0.05) is 72.8 Å². The second-order valence-corrected chi connectivity index (χ2v) is 14.5. The minimum absolute atomic E-state index is 0.640. The molecule has 59 heavy (non-hydrogen) atoms. The molecule has 0 N–H and O–H groups in total. The number of hydrogen-bond acceptors (Lipinski definition) is 5. The number of rotatable bonds is 8. The Labute approximate surface area is 340 Å². The van der Waals surface area contributed by atoms with Crippen LogP contribution in [0, 0.1) is 0 Å². The Morgan fingerprint density at radius 1 is 0.407 bits per heavy atom. The van der Waals surface area contributed by atoms with E-state index >= 15 is 0 Å². The standard InChI is InChI=1S/C52H35N7/c1-3-9-41(10-4-1)57-31-29-46-48(57)27-28-50-51(46)47-32-39(19-26-49(47)59(50)42-11-5-2-6-12-42)36-13-20-43(21-14-36)58(44-22-15-37(16-23-44)40-8-7-30-53-33-40)45-24-17-38(18-25-45)52-55-34-54-35-56-52/h1-35H. The van der Waals surface area contributed by atoms with Gasteiger partial charge in [0.15, 0.2) is 5.82 Å². The smallest absolute Gasteiger partial charge is 0.162 e. The van der Waals surface area contributed by atoms with Crippen molar-refractivity contribution in [2.24, 2.45) is 0 Å². The lowest BCUT2D eigenvalue weighted by atomic mass is 10.0. The molecule has 0 fully saturated rings. The van der Waals surface area contributed by atoms with E-state index in [-0.39, 0.29) is 0 Å². The summed E-state index contributed by atoms with van der Waals surface area (Å²) in [7, 11) is 0. The first-order chi connectivity index (χ1) is 29.3. The summed E-state index contributed by atoms with van der Waals surface area (Å²) in [4.78, 5) is 19.3. The van der Waals surface area contributed by atoms with E-state index in [4.69, 9.17) is 0 Å². The van der Waals surface area contributed by atoms with Crippen LogP contribution in [0.2, 0.25) is 0 Å². The predicted octanol–water partition coefficient (Wildman–Crippen LogP) is 12.8. The second-order valence-electron chi connectivity index (χ2n) is 14.5. The van der Waals surface area contributed by atoms with Gasteiger partial charge in [0.25, 0.3) is 0 Å². The fraction of sp³-hybridized carbons (Fsp3) is 0. The summed E-state index contributed by atoms with van der Waals surface area (Å²) >= 11 is 0. The van der Waals surface area contributed by atoms with Crippen LogP contribution in [0.3, 0.4) is 0 Å². The van der Waals surface area contributed by atoms with Crippen molar-refractivity contribution in [3.63, 3.8) is 0 Å². The summed E-state index contributed by atoms with van der Waals surface area (Å²) in [6.07, 6.45) is 8.93. The maximum Gasteiger partial charge on any atom is 0.162 e. The molecule has 7 heteroatoms. The number of benzene rings is 7. The van der Waals surface area contributed by atoms with Crippen molar-refractivity contribution < 1.29 is 0 Å². The first-order valence-corrected chi connectivity index (χ1v) is 19.6. The minimum Gasteiger partial charge on any atom is -0.317 e. The summed E-state index contributed by atoms with van der Waals surface area (Å²) in [6, 6.07) is 64.8. The molecule has 0 aliphatic rings. The molecular weight excluding hydrogens is 723 g/mol. The topological polar surface area (TPSA) is 64.7 Å². The van der Waals surface area contributed by atoms with Crippen LogP contribution in [-0.4, -0.2) is 29.1 Å². The van der Waals surface area contributed by atoms with Crippen LogP contribution in [-0.2, 0) is 0 Å². The quantitative estimate of drug-likeness (QED) is 0.154. The van der Waals surface area contributed by atoms with Crippen LogP contribution in [0.15, 0.2) is 213 Å². The lowest BCUT2D eigenvalue weighted by molar-refractivity contribution is 1.06. The monoisotopic (exact) mass is 757 g/mol. The van der Waals surface area contributed by atoms with Crippen LogP contribution in [0.25, 0.3) is 77.7 Å². The molecule has 0 amide bonds. The first-order valence-electron chi connectivity index (χ1n) is 19.6. The third-order valence-corrected chi connectivity index (χ3v) is 11.1. The van der Waals surface area contributed by atoms with E-state index in [1.165, 1.54) is 45.4 Å². The van der Waals surface area contributed by atoms with Gasteiger partial charge < -0.3 is 14.0 Å². The summed E-state index contributed by atoms with van der Waals surface area (Å²) in [5.74, 6) is 0.640. The third-order valence-electron chi connectivity index (χ3n) is 11.1. The highest BCUT2D eigenvalue weighted by Gasteiger charge is 2.19. The van der Waals surface area contributed by atoms with Crippen molar-refractivity contribution in [3.8, 4) is 45.0 Å². The average Bonchev–Trinajstić information content (AvgIpc) is 3.90. The molecule has 0 unspecified atom stereocenters. The molecule has 0 saturated heterocycles. The Morgan fingerprint density at radius 2 is 0.983 bits per heavy atom. The van der Waals surface area contributed by atoms with Gasteiger partial charge in [0.2, 0.25) is 0 Å². The van der Waals surface area contributed by atoms with E-state index in [0.29, 0.717) is 5.82 Å². The zero-order valence-corrected chi connectivity index (χ0v) is 31.8. The van der Waals surface area contributed by atoms with Crippen molar-refractivity contribution in [2.45, 2.75) is 0 Å². The number of nitrogens with zero attached hydrogens (tertiary/aromatic N) is 7. The molecule has 0 spiro atoms. The van der Waals surface area contributed by atoms with Gasteiger partial charge in [0, 0.05) is 68.7 Å². The number of anilines is 3. The normalized spacial score (nSPS) is 11.4. The van der Waals surface area contributed by atoms with Crippen molar-refractivity contribution in [1.82, 2.24) is 29.1 Å². The molecule has 7 aromatic carbocycles.